The number of hydrogen-bond acceptors (Lipinski definition) is 8. The third kappa shape index (κ3) is 7.48. The van der Waals surface area contributed by atoms with Crippen LogP contribution in [-0.2, 0) is 28.1 Å². The first-order chi connectivity index (χ1) is 8.51. The Morgan fingerprint density at radius 3 is 2.17 bits per heavy atom. The first-order valence-electron chi connectivity index (χ1n) is 5.39. The summed E-state index contributed by atoms with van der Waals surface area (Å²) in [6, 6.07) is 0. The third-order valence-corrected chi connectivity index (χ3v) is 3.61. The van der Waals surface area contributed by atoms with Gasteiger partial charge in [-0.05, 0) is 37.5 Å². The molecular formula is C8H16O8S2. The second kappa shape index (κ2) is 8.27. The van der Waals surface area contributed by atoms with Crippen LogP contribution < -0.4 is 0 Å². The topological polar surface area (TPSA) is 112 Å². The van der Waals surface area contributed by atoms with E-state index in [4.69, 9.17) is 14.0 Å². The van der Waals surface area contributed by atoms with Crippen molar-refractivity contribution in [3.63, 3.8) is 0 Å². The lowest BCUT2D eigenvalue weighted by molar-refractivity contribution is -0.434. The van der Waals surface area contributed by atoms with E-state index >= 15 is 0 Å². The fraction of sp³-hybridized carbons (Fsp3) is 1.00. The molecule has 18 heavy (non-hydrogen) atoms. The first-order valence-corrected chi connectivity index (χ1v) is 7.42. The molecule has 0 saturated heterocycles. The highest BCUT2D eigenvalue weighted by atomic mass is 32.3. The van der Waals surface area contributed by atoms with Crippen molar-refractivity contribution in [1.82, 2.24) is 0 Å². The van der Waals surface area contributed by atoms with E-state index in [-0.39, 0.29) is 12.5 Å². The summed E-state index contributed by atoms with van der Waals surface area (Å²) >= 11 is 0.552. The van der Waals surface area contributed by atoms with E-state index in [0.717, 1.165) is 25.7 Å². The minimum absolute atomic E-state index is 0.0165. The van der Waals surface area contributed by atoms with Crippen LogP contribution in [0.1, 0.15) is 25.7 Å². The van der Waals surface area contributed by atoms with Crippen LogP contribution in [0.25, 0.3) is 0 Å². The van der Waals surface area contributed by atoms with E-state index in [9.17, 15) is 8.42 Å². The minimum atomic E-state index is -4.34. The molecule has 1 rings (SSSR count). The minimum Gasteiger partial charge on any atom is -0.289 e. The van der Waals surface area contributed by atoms with Gasteiger partial charge in [0.1, 0.15) is 0 Å². The summed E-state index contributed by atoms with van der Waals surface area (Å²) in [5.74, 6) is 0.481. The molecule has 0 radical (unpaired) electrons. The van der Waals surface area contributed by atoms with Gasteiger partial charge >= 0.3 is 10.4 Å². The summed E-state index contributed by atoms with van der Waals surface area (Å²) in [6.45, 7) is 0.475. The van der Waals surface area contributed by atoms with Gasteiger partial charge in [0.05, 0.1) is 13.2 Å². The van der Waals surface area contributed by atoms with Gasteiger partial charge < -0.3 is 0 Å². The van der Waals surface area contributed by atoms with Crippen LogP contribution in [0.2, 0.25) is 0 Å². The molecule has 8 nitrogen and oxygen atoms in total. The zero-order valence-electron chi connectivity index (χ0n) is 9.56. The predicted octanol–water partition coefficient (Wildman–Crippen LogP) is 1.61. The van der Waals surface area contributed by atoms with Crippen molar-refractivity contribution >= 4 is 22.7 Å². The molecule has 0 aromatic carbocycles. The van der Waals surface area contributed by atoms with Crippen LogP contribution in [-0.4, -0.2) is 31.4 Å². The summed E-state index contributed by atoms with van der Waals surface area (Å²) < 4.78 is 42.7. The molecule has 0 aromatic rings. The monoisotopic (exact) mass is 304 g/mol. The van der Waals surface area contributed by atoms with Crippen molar-refractivity contribution in [2.24, 2.45) is 11.8 Å². The summed E-state index contributed by atoms with van der Waals surface area (Å²) in [7, 11) is -4.34. The fourth-order valence-electron chi connectivity index (χ4n) is 1.90. The zero-order chi connectivity index (χ0) is 13.4. The Balaban J connectivity index is 2.09. The van der Waals surface area contributed by atoms with Crippen molar-refractivity contribution in [2.75, 3.05) is 13.2 Å². The molecule has 0 unspecified atom stereocenters. The summed E-state index contributed by atoms with van der Waals surface area (Å²) in [6.07, 6.45) is 3.37. The highest BCUT2D eigenvalue weighted by Crippen LogP contribution is 2.30. The molecule has 0 bridgehead atoms. The Morgan fingerprint density at radius 1 is 1.11 bits per heavy atom. The highest BCUT2D eigenvalue weighted by molar-refractivity contribution is 7.89. The van der Waals surface area contributed by atoms with E-state index in [1.54, 1.807) is 0 Å². The largest absolute Gasteiger partial charge is 0.397 e. The predicted molar refractivity (Wildman–Crippen MR) is 61.3 cm³/mol. The normalized spacial score (nSPS) is 25.2. The molecular weight excluding hydrogens is 288 g/mol. The maximum Gasteiger partial charge on any atom is 0.397 e. The molecule has 0 aromatic heterocycles. The Morgan fingerprint density at radius 2 is 1.67 bits per heavy atom. The molecule has 0 atom stereocenters. The standard InChI is InChI=1S/C8H16O8S2/c9-15-16-17-13-5-7-1-3-8(4-2-7)6-14-18(10,11)12/h7-9H,1-6H2,(H,10,11,12). The van der Waals surface area contributed by atoms with Crippen molar-refractivity contribution in [1.29, 1.82) is 0 Å². The van der Waals surface area contributed by atoms with Gasteiger partial charge in [-0.25, -0.2) is 9.44 Å². The number of hydrogen-bond donors (Lipinski definition) is 2. The Bertz CT molecular complexity index is 311. The Kier molecular flexibility index (Phi) is 7.41. The SMILES string of the molecule is O=S(=O)(O)OCC1CCC(COSOOO)CC1. The van der Waals surface area contributed by atoms with Crippen LogP contribution in [0.4, 0.5) is 0 Å². The van der Waals surface area contributed by atoms with Gasteiger partial charge in [0.2, 0.25) is 0 Å². The van der Waals surface area contributed by atoms with Crippen molar-refractivity contribution in [3.8, 4) is 0 Å². The van der Waals surface area contributed by atoms with E-state index < -0.39 is 10.4 Å². The molecule has 2 N–H and O–H groups in total. The van der Waals surface area contributed by atoms with Gasteiger partial charge in [-0.3, -0.25) is 8.74 Å². The second-order valence-corrected chi connectivity index (χ2v) is 5.69. The molecule has 0 heterocycles. The summed E-state index contributed by atoms with van der Waals surface area (Å²) in [4.78, 5) is 0. The molecule has 0 amide bonds. The maximum absolute atomic E-state index is 10.4. The van der Waals surface area contributed by atoms with Crippen LogP contribution >= 0.6 is 12.3 Å². The van der Waals surface area contributed by atoms with E-state index in [1.165, 1.54) is 0 Å². The average molecular weight is 304 g/mol. The van der Waals surface area contributed by atoms with Crippen LogP contribution in [0.5, 0.6) is 0 Å². The molecule has 108 valence electrons. The fourth-order valence-corrected chi connectivity index (χ4v) is 2.58. The lowest BCUT2D eigenvalue weighted by Crippen LogP contribution is -2.22. The average Bonchev–Trinajstić information content (AvgIpc) is 2.33. The Labute approximate surface area is 110 Å². The van der Waals surface area contributed by atoms with Crippen molar-refractivity contribution < 1.29 is 36.0 Å². The highest BCUT2D eigenvalue weighted by Gasteiger charge is 2.23. The van der Waals surface area contributed by atoms with E-state index in [2.05, 4.69) is 13.6 Å². The van der Waals surface area contributed by atoms with Gasteiger partial charge in [-0.2, -0.15) is 8.42 Å². The maximum atomic E-state index is 10.4. The van der Waals surface area contributed by atoms with Crippen LogP contribution in [0.3, 0.4) is 0 Å². The third-order valence-electron chi connectivity index (χ3n) is 2.83. The number of rotatable bonds is 8. The zero-order valence-corrected chi connectivity index (χ0v) is 11.2. The van der Waals surface area contributed by atoms with E-state index in [1.807, 2.05) is 0 Å². The first kappa shape index (κ1) is 16.1. The van der Waals surface area contributed by atoms with Crippen LogP contribution in [0.15, 0.2) is 0 Å². The second-order valence-electron chi connectivity index (χ2n) is 4.09. The Hall–Kier alpha value is 0.0600. The summed E-state index contributed by atoms with van der Waals surface area (Å²) in [5, 5.41) is 11.2. The summed E-state index contributed by atoms with van der Waals surface area (Å²) in [5.41, 5.74) is 0. The van der Waals surface area contributed by atoms with Gasteiger partial charge in [-0.1, -0.05) is 5.04 Å². The molecule has 0 aliphatic heterocycles. The smallest absolute Gasteiger partial charge is 0.289 e. The quantitative estimate of drug-likeness (QED) is 0.227. The van der Waals surface area contributed by atoms with Crippen molar-refractivity contribution in [2.45, 2.75) is 25.7 Å². The van der Waals surface area contributed by atoms with Gasteiger partial charge in [0.15, 0.2) is 12.3 Å². The molecule has 1 aliphatic carbocycles. The lowest BCUT2D eigenvalue weighted by atomic mass is 9.83. The lowest BCUT2D eigenvalue weighted by Gasteiger charge is -2.27. The van der Waals surface area contributed by atoms with Gasteiger partial charge in [0, 0.05) is 0 Å². The van der Waals surface area contributed by atoms with Gasteiger partial charge in [-0.15, -0.1) is 4.33 Å². The molecule has 1 saturated carbocycles. The molecule has 1 aliphatic rings. The van der Waals surface area contributed by atoms with E-state index in [0.29, 0.717) is 24.8 Å². The van der Waals surface area contributed by atoms with Crippen molar-refractivity contribution in [3.05, 3.63) is 0 Å². The van der Waals surface area contributed by atoms with Gasteiger partial charge in [0.25, 0.3) is 0 Å². The molecule has 1 fully saturated rings. The molecule has 10 heteroatoms. The molecule has 0 spiro atoms. The van der Waals surface area contributed by atoms with Crippen LogP contribution in [0, 0.1) is 11.8 Å².